The quantitative estimate of drug-likeness (QED) is 0.104. The van der Waals surface area contributed by atoms with E-state index in [2.05, 4.69) is 11.1 Å². The SMILES string of the molecule is CSc1nc[n+](C)c2sc(-c3ccc(OC(C)=O)c(OC(C)=O)c3)cc12.F[B-](F)(F)F. The van der Waals surface area contributed by atoms with Gasteiger partial charge in [0.25, 0.3) is 6.33 Å². The number of hydrogen-bond donors (Lipinski definition) is 0. The summed E-state index contributed by atoms with van der Waals surface area (Å²) in [5.74, 6) is -0.521. The van der Waals surface area contributed by atoms with E-state index < -0.39 is 19.2 Å². The molecule has 0 unspecified atom stereocenters. The number of ether oxygens (including phenoxy) is 2. The molecule has 0 amide bonds. The third kappa shape index (κ3) is 7.21. The Balaban J connectivity index is 0.000000614. The Labute approximate surface area is 183 Å². The van der Waals surface area contributed by atoms with Crippen molar-refractivity contribution in [1.82, 2.24) is 4.98 Å². The van der Waals surface area contributed by atoms with Crippen molar-refractivity contribution in [3.05, 3.63) is 30.6 Å². The van der Waals surface area contributed by atoms with Crippen LogP contribution in [-0.4, -0.2) is 30.4 Å². The van der Waals surface area contributed by atoms with Gasteiger partial charge in [-0.25, -0.2) is 4.57 Å². The molecule has 3 rings (SSSR count). The zero-order valence-corrected chi connectivity index (χ0v) is 18.5. The van der Waals surface area contributed by atoms with Crippen LogP contribution in [0.25, 0.3) is 20.7 Å². The van der Waals surface area contributed by atoms with Gasteiger partial charge in [0.15, 0.2) is 16.3 Å². The molecule has 0 bridgehead atoms. The number of halogens is 4. The fourth-order valence-corrected chi connectivity index (χ4v) is 4.18. The molecule has 166 valence electrons. The molecule has 13 heteroatoms. The van der Waals surface area contributed by atoms with Gasteiger partial charge in [0, 0.05) is 18.7 Å². The van der Waals surface area contributed by atoms with Gasteiger partial charge in [-0.2, -0.15) is 0 Å². The molecule has 31 heavy (non-hydrogen) atoms. The summed E-state index contributed by atoms with van der Waals surface area (Å²) in [5.41, 5.74) is 0.866. The first kappa shape index (κ1) is 24.6. The predicted octanol–water partition coefficient (Wildman–Crippen LogP) is 4.66. The highest BCUT2D eigenvalue weighted by Gasteiger charge is 2.21. The molecule has 6 nitrogen and oxygen atoms in total. The molecule has 2 heterocycles. The van der Waals surface area contributed by atoms with Crippen LogP contribution in [0.2, 0.25) is 0 Å². The maximum atomic E-state index is 11.4. The number of rotatable bonds is 4. The fourth-order valence-electron chi connectivity index (χ4n) is 2.50. The van der Waals surface area contributed by atoms with Crippen LogP contribution in [0.4, 0.5) is 17.3 Å². The van der Waals surface area contributed by atoms with E-state index in [1.807, 2.05) is 23.9 Å². The van der Waals surface area contributed by atoms with Crippen molar-refractivity contribution in [2.24, 2.45) is 7.05 Å². The summed E-state index contributed by atoms with van der Waals surface area (Å²) >= 11 is 3.21. The number of thiophene rings is 1. The summed E-state index contributed by atoms with van der Waals surface area (Å²) < 4.78 is 51.3. The Morgan fingerprint density at radius 1 is 1.06 bits per heavy atom. The van der Waals surface area contributed by atoms with Crippen LogP contribution in [0.1, 0.15) is 13.8 Å². The van der Waals surface area contributed by atoms with Crippen molar-refractivity contribution < 1.29 is 40.9 Å². The first-order valence-electron chi connectivity index (χ1n) is 8.59. The molecule has 0 N–H and O–H groups in total. The molecule has 3 aromatic rings. The number of aryl methyl sites for hydroxylation is 1. The molecule has 0 radical (unpaired) electrons. The lowest BCUT2D eigenvalue weighted by Gasteiger charge is -2.09. The highest BCUT2D eigenvalue weighted by atomic mass is 32.2. The topological polar surface area (TPSA) is 69.4 Å². The van der Waals surface area contributed by atoms with Gasteiger partial charge in [-0.15, -0.1) is 0 Å². The summed E-state index contributed by atoms with van der Waals surface area (Å²) in [6.45, 7) is 2.61. The summed E-state index contributed by atoms with van der Waals surface area (Å²) in [6.07, 6.45) is 3.79. The second kappa shape index (κ2) is 10.1. The number of carbonyl (C=O) groups excluding carboxylic acids is 2. The number of thioether (sulfide) groups is 1. The molecule has 0 spiro atoms. The molecule has 0 aliphatic heterocycles. The molecule has 0 saturated carbocycles. The van der Waals surface area contributed by atoms with Crippen LogP contribution in [0.3, 0.4) is 0 Å². The van der Waals surface area contributed by atoms with Crippen molar-refractivity contribution in [1.29, 1.82) is 0 Å². The van der Waals surface area contributed by atoms with Gasteiger partial charge in [-0.3, -0.25) is 9.59 Å². The minimum Gasteiger partial charge on any atom is -0.423 e. The maximum absolute atomic E-state index is 11.4. The van der Waals surface area contributed by atoms with E-state index in [1.165, 1.54) is 13.8 Å². The summed E-state index contributed by atoms with van der Waals surface area (Å²) in [4.78, 5) is 29.2. The van der Waals surface area contributed by atoms with Crippen molar-refractivity contribution in [3.63, 3.8) is 0 Å². The van der Waals surface area contributed by atoms with Crippen LogP contribution in [-0.2, 0) is 16.6 Å². The van der Waals surface area contributed by atoms with E-state index in [0.717, 1.165) is 25.7 Å². The second-order valence-corrected chi connectivity index (χ2v) is 7.86. The summed E-state index contributed by atoms with van der Waals surface area (Å²) in [5, 5.41) is 2.03. The molecule has 0 aliphatic rings. The van der Waals surface area contributed by atoms with Crippen LogP contribution >= 0.6 is 23.1 Å². The van der Waals surface area contributed by atoms with Crippen LogP contribution in [0, 0.1) is 0 Å². The number of esters is 2. The average Bonchev–Trinajstić information content (AvgIpc) is 3.07. The predicted molar refractivity (Wildman–Crippen MR) is 111 cm³/mol. The van der Waals surface area contributed by atoms with Gasteiger partial charge < -0.3 is 26.7 Å². The Morgan fingerprint density at radius 3 is 2.19 bits per heavy atom. The lowest BCUT2D eigenvalue weighted by Crippen LogP contribution is -2.28. The third-order valence-electron chi connectivity index (χ3n) is 3.54. The summed E-state index contributed by atoms with van der Waals surface area (Å²) in [6, 6.07) is 7.24. The average molecular weight is 476 g/mol. The van der Waals surface area contributed by atoms with Crippen molar-refractivity contribution >= 4 is 52.5 Å². The lowest BCUT2D eigenvalue weighted by atomic mass is 10.1. The van der Waals surface area contributed by atoms with E-state index in [1.54, 1.807) is 41.6 Å². The Hall–Kier alpha value is -2.67. The molecule has 0 aliphatic carbocycles. The highest BCUT2D eigenvalue weighted by Crippen LogP contribution is 2.39. The molecule has 0 saturated heterocycles. The number of carbonyl (C=O) groups is 2. The van der Waals surface area contributed by atoms with E-state index >= 15 is 0 Å². The fraction of sp³-hybridized carbons (Fsp3) is 0.222. The van der Waals surface area contributed by atoms with Gasteiger partial charge in [-0.1, -0.05) is 23.1 Å². The minimum atomic E-state index is -6.00. The van der Waals surface area contributed by atoms with Crippen LogP contribution < -0.4 is 14.0 Å². The molecular weight excluding hydrogens is 459 g/mol. The molecule has 0 atom stereocenters. The smallest absolute Gasteiger partial charge is 0.423 e. The minimum absolute atomic E-state index is 0.217. The zero-order chi connectivity index (χ0) is 23.3. The number of nitrogens with zero attached hydrogens (tertiary/aromatic N) is 2. The van der Waals surface area contributed by atoms with E-state index in [4.69, 9.17) is 9.47 Å². The Bertz CT molecular complexity index is 1120. The number of hydrogen-bond acceptors (Lipinski definition) is 7. The normalized spacial score (nSPS) is 11.0. The molecular formula is C18H17BF4N2O4S2. The van der Waals surface area contributed by atoms with Crippen LogP contribution in [0.15, 0.2) is 35.6 Å². The molecule has 1 aromatic carbocycles. The number of fused-ring (bicyclic) bond motifs is 1. The first-order valence-corrected chi connectivity index (χ1v) is 10.6. The van der Waals surface area contributed by atoms with E-state index in [9.17, 15) is 26.9 Å². The van der Waals surface area contributed by atoms with Gasteiger partial charge >= 0.3 is 19.2 Å². The van der Waals surface area contributed by atoms with Gasteiger partial charge in [0.1, 0.15) is 0 Å². The van der Waals surface area contributed by atoms with Crippen molar-refractivity contribution in [2.45, 2.75) is 18.9 Å². The van der Waals surface area contributed by atoms with Crippen LogP contribution in [0.5, 0.6) is 11.5 Å². The molecule has 2 aromatic heterocycles. The number of aromatic nitrogens is 2. The third-order valence-corrected chi connectivity index (χ3v) is 5.53. The van der Waals surface area contributed by atoms with Gasteiger partial charge in [0.05, 0.1) is 12.4 Å². The van der Waals surface area contributed by atoms with Gasteiger partial charge in [0.2, 0.25) is 5.03 Å². The maximum Gasteiger partial charge on any atom is 0.673 e. The monoisotopic (exact) mass is 476 g/mol. The lowest BCUT2D eigenvalue weighted by molar-refractivity contribution is -0.646. The zero-order valence-electron chi connectivity index (χ0n) is 16.8. The van der Waals surface area contributed by atoms with Crippen molar-refractivity contribution in [3.8, 4) is 21.9 Å². The largest absolute Gasteiger partial charge is 0.673 e. The van der Waals surface area contributed by atoms with Crippen molar-refractivity contribution in [2.75, 3.05) is 6.26 Å². The Kier molecular flexibility index (Phi) is 8.01. The first-order chi connectivity index (χ1) is 14.4. The molecule has 0 fully saturated rings. The second-order valence-electron chi connectivity index (χ2n) is 6.04. The van der Waals surface area contributed by atoms with E-state index in [0.29, 0.717) is 0 Å². The number of benzene rings is 1. The Morgan fingerprint density at radius 2 is 1.65 bits per heavy atom. The summed E-state index contributed by atoms with van der Waals surface area (Å²) in [7, 11) is -4.05. The van der Waals surface area contributed by atoms with Gasteiger partial charge in [-0.05, 0) is 41.1 Å². The van der Waals surface area contributed by atoms with E-state index in [-0.39, 0.29) is 11.5 Å². The standard InChI is InChI=1S/C18H17N2O4S2.BF4/c1-10(21)23-14-6-5-12(7-15(14)24-11(2)22)16-8-13-17(25-4)19-9-20(3)18(13)26-16;2-1(3,4)5/h5-9H,1-4H3;/q+1;-1. The highest BCUT2D eigenvalue weighted by molar-refractivity contribution is 7.98.